The van der Waals surface area contributed by atoms with Crippen molar-refractivity contribution >= 4 is 11.6 Å². The zero-order valence-electron chi connectivity index (χ0n) is 10.5. The molecule has 1 aromatic carbocycles. The smallest absolute Gasteiger partial charge is 0.191 e. The van der Waals surface area contributed by atoms with E-state index >= 15 is 0 Å². The summed E-state index contributed by atoms with van der Waals surface area (Å²) in [5.41, 5.74) is -0.369. The molecule has 1 unspecified atom stereocenters. The first kappa shape index (κ1) is 13.1. The van der Waals surface area contributed by atoms with Gasteiger partial charge in [0.05, 0.1) is 0 Å². The van der Waals surface area contributed by atoms with Crippen LogP contribution >= 0.6 is 11.6 Å². The maximum atomic E-state index is 13.7. The molecule has 2 nitrogen and oxygen atoms in total. The Morgan fingerprint density at radius 1 is 1.32 bits per heavy atom. The number of nitrogens with one attached hydrogen (secondary N) is 1. The highest BCUT2D eigenvalue weighted by atomic mass is 35.5. The van der Waals surface area contributed by atoms with E-state index in [1.807, 2.05) is 0 Å². The molecule has 2 aliphatic rings. The predicted octanol–water partition coefficient (Wildman–Crippen LogP) is 3.53. The Hall–Kier alpha value is -0.870. The Bertz CT molecular complexity index is 461. The molecule has 104 valence electrons. The predicted molar refractivity (Wildman–Crippen MR) is 69.6 cm³/mol. The summed E-state index contributed by atoms with van der Waals surface area (Å²) in [6.45, 7) is 1.99. The first-order valence-corrected chi connectivity index (χ1v) is 7.00. The molecule has 3 rings (SSSR count). The van der Waals surface area contributed by atoms with Gasteiger partial charge >= 0.3 is 0 Å². The largest absolute Gasteiger partial charge is 0.481 e. The van der Waals surface area contributed by atoms with Crippen LogP contribution in [-0.4, -0.2) is 18.7 Å². The lowest BCUT2D eigenvalue weighted by Crippen LogP contribution is -2.24. The van der Waals surface area contributed by atoms with E-state index in [4.69, 9.17) is 16.3 Å². The second kappa shape index (κ2) is 4.91. The van der Waals surface area contributed by atoms with Crippen molar-refractivity contribution < 1.29 is 13.5 Å². The van der Waals surface area contributed by atoms with Crippen molar-refractivity contribution in [1.29, 1.82) is 0 Å². The molecule has 0 bridgehead atoms. The minimum atomic E-state index is -0.721. The van der Waals surface area contributed by atoms with Gasteiger partial charge in [0.25, 0.3) is 0 Å². The van der Waals surface area contributed by atoms with Crippen LogP contribution in [0.15, 0.2) is 12.1 Å². The number of rotatable bonds is 4. The van der Waals surface area contributed by atoms with Gasteiger partial charge in [-0.3, -0.25) is 0 Å². The van der Waals surface area contributed by atoms with Crippen LogP contribution in [0.5, 0.6) is 5.75 Å². The van der Waals surface area contributed by atoms with Crippen LogP contribution in [0.3, 0.4) is 0 Å². The average Bonchev–Trinajstić information content (AvgIpc) is 2.88. The molecule has 0 amide bonds. The SMILES string of the molecule is Fc1cc(Cl)cc(F)c1OC1(CC2CCNC2)CC1. The lowest BCUT2D eigenvalue weighted by atomic mass is 9.99. The zero-order chi connectivity index (χ0) is 13.5. The van der Waals surface area contributed by atoms with Gasteiger partial charge in [0, 0.05) is 5.02 Å². The second-order valence-corrected chi connectivity index (χ2v) is 5.98. The van der Waals surface area contributed by atoms with Crippen molar-refractivity contribution in [2.75, 3.05) is 13.1 Å². The van der Waals surface area contributed by atoms with E-state index in [1.165, 1.54) is 0 Å². The zero-order valence-corrected chi connectivity index (χ0v) is 11.3. The van der Waals surface area contributed by atoms with Gasteiger partial charge in [-0.05, 0) is 56.8 Å². The Kier molecular flexibility index (Phi) is 3.39. The summed E-state index contributed by atoms with van der Waals surface area (Å²) in [6.07, 6.45) is 3.70. The lowest BCUT2D eigenvalue weighted by molar-refractivity contribution is 0.134. The summed E-state index contributed by atoms with van der Waals surface area (Å²) in [6, 6.07) is 2.18. The molecular formula is C14H16ClF2NO. The molecule has 5 heteroatoms. The first-order chi connectivity index (χ1) is 9.08. The average molecular weight is 288 g/mol. The molecule has 1 N–H and O–H groups in total. The Morgan fingerprint density at radius 3 is 2.53 bits per heavy atom. The fourth-order valence-electron chi connectivity index (χ4n) is 2.75. The minimum absolute atomic E-state index is 0.0483. The summed E-state index contributed by atoms with van der Waals surface area (Å²) in [7, 11) is 0. The highest BCUT2D eigenvalue weighted by molar-refractivity contribution is 6.30. The molecule has 1 aliphatic carbocycles. The Morgan fingerprint density at radius 2 is 2.00 bits per heavy atom. The van der Waals surface area contributed by atoms with Gasteiger partial charge in [-0.1, -0.05) is 11.6 Å². The van der Waals surface area contributed by atoms with Gasteiger partial charge < -0.3 is 10.1 Å². The molecule has 19 heavy (non-hydrogen) atoms. The molecule has 0 aromatic heterocycles. The van der Waals surface area contributed by atoms with E-state index in [1.54, 1.807) is 0 Å². The van der Waals surface area contributed by atoms with Gasteiger partial charge in [0.15, 0.2) is 17.4 Å². The van der Waals surface area contributed by atoms with E-state index in [0.29, 0.717) is 5.92 Å². The van der Waals surface area contributed by atoms with Crippen molar-refractivity contribution in [2.45, 2.75) is 31.3 Å². The third kappa shape index (κ3) is 2.84. The van der Waals surface area contributed by atoms with Crippen LogP contribution in [0.25, 0.3) is 0 Å². The molecule has 0 radical (unpaired) electrons. The number of hydrogen-bond donors (Lipinski definition) is 1. The van der Waals surface area contributed by atoms with E-state index in [-0.39, 0.29) is 16.4 Å². The minimum Gasteiger partial charge on any atom is -0.481 e. The standard InChI is InChI=1S/C14H16ClF2NO/c15-10-5-11(16)13(12(17)6-10)19-14(2-3-14)7-9-1-4-18-8-9/h5-6,9,18H,1-4,7-8H2. The van der Waals surface area contributed by atoms with Gasteiger partial charge in [-0.15, -0.1) is 0 Å². The molecule has 1 saturated heterocycles. The van der Waals surface area contributed by atoms with E-state index in [2.05, 4.69) is 5.32 Å². The fourth-order valence-corrected chi connectivity index (χ4v) is 2.94. The van der Waals surface area contributed by atoms with Crippen LogP contribution in [0.4, 0.5) is 8.78 Å². The van der Waals surface area contributed by atoms with Crippen molar-refractivity contribution in [1.82, 2.24) is 5.32 Å². The van der Waals surface area contributed by atoms with Crippen LogP contribution in [0, 0.1) is 17.6 Å². The molecular weight excluding hydrogens is 272 g/mol. The third-order valence-corrected chi connectivity index (χ3v) is 4.13. The van der Waals surface area contributed by atoms with Crippen molar-refractivity contribution in [2.24, 2.45) is 5.92 Å². The van der Waals surface area contributed by atoms with Crippen molar-refractivity contribution in [3.63, 3.8) is 0 Å². The van der Waals surface area contributed by atoms with Crippen LogP contribution < -0.4 is 10.1 Å². The van der Waals surface area contributed by atoms with Crippen LogP contribution in [0.1, 0.15) is 25.7 Å². The molecule has 1 atom stereocenters. The molecule has 2 fully saturated rings. The molecule has 1 saturated carbocycles. The van der Waals surface area contributed by atoms with Gasteiger partial charge in [-0.2, -0.15) is 0 Å². The Labute approximate surface area is 116 Å². The van der Waals surface area contributed by atoms with E-state index in [0.717, 1.165) is 50.9 Å². The maximum absolute atomic E-state index is 13.7. The fraction of sp³-hybridized carbons (Fsp3) is 0.571. The second-order valence-electron chi connectivity index (χ2n) is 5.55. The van der Waals surface area contributed by atoms with Crippen LogP contribution in [-0.2, 0) is 0 Å². The molecule has 1 aliphatic heterocycles. The van der Waals surface area contributed by atoms with Gasteiger partial charge in [0.1, 0.15) is 5.60 Å². The van der Waals surface area contributed by atoms with Crippen molar-refractivity contribution in [3.05, 3.63) is 28.8 Å². The number of halogens is 3. The van der Waals surface area contributed by atoms with Crippen molar-refractivity contribution in [3.8, 4) is 5.75 Å². The Balaban J connectivity index is 1.74. The highest BCUT2D eigenvalue weighted by Gasteiger charge is 2.48. The molecule has 1 heterocycles. The third-order valence-electron chi connectivity index (χ3n) is 3.91. The van der Waals surface area contributed by atoms with Gasteiger partial charge in [0.2, 0.25) is 0 Å². The summed E-state index contributed by atoms with van der Waals surface area (Å²) in [5, 5.41) is 3.34. The first-order valence-electron chi connectivity index (χ1n) is 6.62. The number of hydrogen-bond acceptors (Lipinski definition) is 2. The monoisotopic (exact) mass is 287 g/mol. The number of ether oxygens (including phenoxy) is 1. The normalized spacial score (nSPS) is 24.5. The topological polar surface area (TPSA) is 21.3 Å². The summed E-state index contributed by atoms with van der Waals surface area (Å²) in [4.78, 5) is 0. The summed E-state index contributed by atoms with van der Waals surface area (Å²) < 4.78 is 33.1. The quantitative estimate of drug-likeness (QED) is 0.915. The van der Waals surface area contributed by atoms with E-state index in [9.17, 15) is 8.78 Å². The summed E-state index contributed by atoms with van der Waals surface area (Å²) >= 11 is 5.60. The van der Waals surface area contributed by atoms with Crippen LogP contribution in [0.2, 0.25) is 5.02 Å². The molecule has 1 aromatic rings. The van der Waals surface area contributed by atoms with E-state index < -0.39 is 11.6 Å². The highest BCUT2D eigenvalue weighted by Crippen LogP contribution is 2.47. The summed E-state index contributed by atoms with van der Waals surface area (Å²) in [5.74, 6) is -1.18. The number of benzene rings is 1. The maximum Gasteiger partial charge on any atom is 0.191 e. The van der Waals surface area contributed by atoms with Gasteiger partial charge in [-0.25, -0.2) is 8.78 Å². The lowest BCUT2D eigenvalue weighted by Gasteiger charge is -2.22. The molecule has 0 spiro atoms.